The van der Waals surface area contributed by atoms with E-state index >= 15 is 0 Å². The van der Waals surface area contributed by atoms with Crippen molar-refractivity contribution in [3.63, 3.8) is 0 Å². The molecular formula is C18H17N5O3. The third-order valence-electron chi connectivity index (χ3n) is 3.90. The highest BCUT2D eigenvalue weighted by molar-refractivity contribution is 6.38. The van der Waals surface area contributed by atoms with Gasteiger partial charge in [0.25, 0.3) is 11.8 Å². The van der Waals surface area contributed by atoms with Gasteiger partial charge in [-0.05, 0) is 11.6 Å². The van der Waals surface area contributed by atoms with E-state index in [0.29, 0.717) is 5.69 Å². The summed E-state index contributed by atoms with van der Waals surface area (Å²) in [7, 11) is 0. The summed E-state index contributed by atoms with van der Waals surface area (Å²) in [5, 5.41) is 9.30. The fourth-order valence-corrected chi connectivity index (χ4v) is 2.62. The van der Waals surface area contributed by atoms with Crippen LogP contribution < -0.4 is 11.1 Å². The van der Waals surface area contributed by atoms with E-state index in [1.165, 1.54) is 6.20 Å². The van der Waals surface area contributed by atoms with Crippen LogP contribution in [0.15, 0.2) is 55.0 Å². The molecule has 1 unspecified atom stereocenters. The lowest BCUT2D eigenvalue weighted by atomic mass is 10.0. The Hall–Kier alpha value is -3.68. The molecule has 8 nitrogen and oxygen atoms in total. The number of nitrogens with zero attached hydrogens (tertiary/aromatic N) is 1. The Morgan fingerprint density at radius 1 is 1.12 bits per heavy atom. The maximum atomic E-state index is 12.7. The Morgan fingerprint density at radius 2 is 1.88 bits per heavy atom. The number of nitrogens with one attached hydrogen (secondary N) is 3. The van der Waals surface area contributed by atoms with Crippen LogP contribution in [-0.4, -0.2) is 38.8 Å². The third-order valence-corrected chi connectivity index (χ3v) is 3.90. The van der Waals surface area contributed by atoms with Crippen molar-refractivity contribution < 1.29 is 14.4 Å². The van der Waals surface area contributed by atoms with Crippen LogP contribution in [0.2, 0.25) is 0 Å². The van der Waals surface area contributed by atoms with E-state index in [-0.39, 0.29) is 12.0 Å². The van der Waals surface area contributed by atoms with Crippen molar-refractivity contribution >= 4 is 17.6 Å². The fraction of sp³-hybridized carbons (Fsp3) is 0.111. The molecule has 5 N–H and O–H groups in total. The maximum absolute atomic E-state index is 12.7. The molecule has 2 heterocycles. The summed E-state index contributed by atoms with van der Waals surface area (Å²) in [6, 6.07) is 9.76. The highest BCUT2D eigenvalue weighted by atomic mass is 16.2. The van der Waals surface area contributed by atoms with Gasteiger partial charge < -0.3 is 16.0 Å². The Morgan fingerprint density at radius 3 is 2.54 bits per heavy atom. The SMILES string of the molecule is NC(=O)C(=O)C(Cc1ccccc1)NC(=O)c1c[nH]nc1-c1cc[nH]c1. The zero-order valence-corrected chi connectivity index (χ0v) is 13.7. The quantitative estimate of drug-likeness (QED) is 0.468. The minimum atomic E-state index is -1.09. The summed E-state index contributed by atoms with van der Waals surface area (Å²) in [5.41, 5.74) is 7.35. The molecule has 0 bridgehead atoms. The van der Waals surface area contributed by atoms with Crippen LogP contribution in [0.3, 0.4) is 0 Å². The normalized spacial score (nSPS) is 11.7. The molecule has 0 aliphatic carbocycles. The number of rotatable bonds is 7. The molecule has 3 aromatic rings. The fourth-order valence-electron chi connectivity index (χ4n) is 2.62. The maximum Gasteiger partial charge on any atom is 0.287 e. The lowest BCUT2D eigenvalue weighted by molar-refractivity contribution is -0.137. The molecule has 1 aromatic carbocycles. The summed E-state index contributed by atoms with van der Waals surface area (Å²) in [6.07, 6.45) is 5.00. The smallest absolute Gasteiger partial charge is 0.287 e. The summed E-state index contributed by atoms with van der Waals surface area (Å²) in [6.45, 7) is 0. The second-order valence-electron chi connectivity index (χ2n) is 5.69. The minimum Gasteiger partial charge on any atom is -0.367 e. The summed E-state index contributed by atoms with van der Waals surface area (Å²) in [4.78, 5) is 39.1. The molecule has 2 aromatic heterocycles. The number of carbonyl (C=O) groups excluding carboxylic acids is 3. The van der Waals surface area contributed by atoms with E-state index in [2.05, 4.69) is 20.5 Å². The number of aromatic nitrogens is 3. The predicted octanol–water partition coefficient (Wildman–Crippen LogP) is 0.800. The Bertz CT molecular complexity index is 915. The average Bonchev–Trinajstić information content (AvgIpc) is 3.32. The van der Waals surface area contributed by atoms with Gasteiger partial charge in [0.2, 0.25) is 5.78 Å². The molecule has 26 heavy (non-hydrogen) atoms. The van der Waals surface area contributed by atoms with Crippen LogP contribution in [-0.2, 0) is 16.0 Å². The van der Waals surface area contributed by atoms with Crippen molar-refractivity contribution in [2.24, 2.45) is 5.73 Å². The lowest BCUT2D eigenvalue weighted by Gasteiger charge is -2.16. The molecule has 0 aliphatic rings. The van der Waals surface area contributed by atoms with Gasteiger partial charge in [-0.1, -0.05) is 30.3 Å². The molecule has 1 atom stereocenters. The summed E-state index contributed by atoms with van der Waals surface area (Å²) in [5.74, 6) is -2.47. The number of carbonyl (C=O) groups is 3. The standard InChI is InChI=1S/C18H17N5O3/c19-17(25)16(24)14(8-11-4-2-1-3-5-11)22-18(26)13-10-21-23-15(13)12-6-7-20-9-12/h1-7,9-10,14,20H,8H2,(H2,19,25)(H,21,23)(H,22,26). The first-order valence-corrected chi connectivity index (χ1v) is 7.91. The number of amides is 2. The number of nitrogens with two attached hydrogens (primary N) is 1. The monoisotopic (exact) mass is 351 g/mol. The van der Waals surface area contributed by atoms with Crippen LogP contribution >= 0.6 is 0 Å². The highest BCUT2D eigenvalue weighted by Gasteiger charge is 2.27. The van der Waals surface area contributed by atoms with E-state index in [0.717, 1.165) is 11.1 Å². The lowest BCUT2D eigenvalue weighted by Crippen LogP contribution is -2.47. The number of hydrogen-bond donors (Lipinski definition) is 4. The Balaban J connectivity index is 1.83. The second-order valence-corrected chi connectivity index (χ2v) is 5.69. The molecule has 3 rings (SSSR count). The van der Waals surface area contributed by atoms with Gasteiger partial charge >= 0.3 is 0 Å². The van der Waals surface area contributed by atoms with Gasteiger partial charge in [0, 0.05) is 30.6 Å². The third kappa shape index (κ3) is 3.69. The van der Waals surface area contributed by atoms with E-state index in [4.69, 9.17) is 5.73 Å². The van der Waals surface area contributed by atoms with Crippen molar-refractivity contribution in [3.8, 4) is 11.3 Å². The number of aromatic amines is 2. The molecule has 0 saturated carbocycles. The largest absolute Gasteiger partial charge is 0.367 e. The molecule has 132 valence electrons. The first kappa shape index (κ1) is 17.2. The van der Waals surface area contributed by atoms with Gasteiger partial charge in [0.05, 0.1) is 5.56 Å². The molecule has 0 saturated heterocycles. The Kier molecular flexibility index (Phi) is 4.93. The number of benzene rings is 1. The molecule has 0 radical (unpaired) electrons. The van der Waals surface area contributed by atoms with Gasteiger partial charge in [-0.25, -0.2) is 0 Å². The van der Waals surface area contributed by atoms with Gasteiger partial charge in [0.15, 0.2) is 0 Å². The highest BCUT2D eigenvalue weighted by Crippen LogP contribution is 2.20. The zero-order valence-electron chi connectivity index (χ0n) is 13.7. The number of primary amides is 1. The molecule has 2 amide bonds. The topological polar surface area (TPSA) is 134 Å². The van der Waals surface area contributed by atoms with Crippen molar-refractivity contribution in [1.29, 1.82) is 0 Å². The van der Waals surface area contributed by atoms with E-state index in [1.54, 1.807) is 30.6 Å². The van der Waals surface area contributed by atoms with Crippen LogP contribution in [0.5, 0.6) is 0 Å². The zero-order chi connectivity index (χ0) is 18.5. The van der Waals surface area contributed by atoms with Crippen LogP contribution in [0.25, 0.3) is 11.3 Å². The van der Waals surface area contributed by atoms with E-state index in [1.807, 2.05) is 18.2 Å². The molecular weight excluding hydrogens is 334 g/mol. The number of Topliss-reactive ketones (excluding diaryl/α,β-unsaturated/α-hetero) is 1. The molecule has 0 fully saturated rings. The number of hydrogen-bond acceptors (Lipinski definition) is 4. The summed E-state index contributed by atoms with van der Waals surface area (Å²) >= 11 is 0. The van der Waals surface area contributed by atoms with Crippen molar-refractivity contribution in [2.75, 3.05) is 0 Å². The Labute approximate surface area is 148 Å². The van der Waals surface area contributed by atoms with Crippen molar-refractivity contribution in [1.82, 2.24) is 20.5 Å². The van der Waals surface area contributed by atoms with Gasteiger partial charge in [-0.3, -0.25) is 19.5 Å². The number of H-pyrrole nitrogens is 2. The number of ketones is 1. The molecule has 0 aliphatic heterocycles. The van der Waals surface area contributed by atoms with Crippen molar-refractivity contribution in [2.45, 2.75) is 12.5 Å². The first-order valence-electron chi connectivity index (χ1n) is 7.91. The van der Waals surface area contributed by atoms with Crippen LogP contribution in [0, 0.1) is 0 Å². The van der Waals surface area contributed by atoms with Crippen molar-refractivity contribution in [3.05, 3.63) is 66.1 Å². The summed E-state index contributed by atoms with van der Waals surface area (Å²) < 4.78 is 0. The minimum absolute atomic E-state index is 0.158. The molecule has 0 spiro atoms. The van der Waals surface area contributed by atoms with E-state index < -0.39 is 23.6 Å². The van der Waals surface area contributed by atoms with Gasteiger partial charge in [0.1, 0.15) is 11.7 Å². The van der Waals surface area contributed by atoms with Crippen LogP contribution in [0.1, 0.15) is 15.9 Å². The average molecular weight is 351 g/mol. The van der Waals surface area contributed by atoms with E-state index in [9.17, 15) is 14.4 Å². The van der Waals surface area contributed by atoms with Crippen LogP contribution in [0.4, 0.5) is 0 Å². The second kappa shape index (κ2) is 7.47. The predicted molar refractivity (Wildman–Crippen MR) is 94.0 cm³/mol. The first-order chi connectivity index (χ1) is 12.6. The molecule has 8 heteroatoms. The van der Waals surface area contributed by atoms with Gasteiger partial charge in [-0.15, -0.1) is 0 Å². The van der Waals surface area contributed by atoms with Gasteiger partial charge in [-0.2, -0.15) is 5.10 Å².